The molecule has 1 aromatic rings. The van der Waals surface area contributed by atoms with Gasteiger partial charge in [-0.3, -0.25) is 4.79 Å². The molecule has 3 saturated carbocycles. The van der Waals surface area contributed by atoms with E-state index in [0.29, 0.717) is 17.4 Å². The second kappa shape index (κ2) is 7.13. The molecule has 28 heavy (non-hydrogen) atoms. The van der Waals surface area contributed by atoms with Crippen molar-refractivity contribution in [3.05, 3.63) is 29.1 Å². The minimum Gasteiger partial charge on any atom is -0.470 e. The van der Waals surface area contributed by atoms with Crippen molar-refractivity contribution >= 4 is 15.7 Å². The lowest BCUT2D eigenvalue weighted by atomic mass is 9.97. The number of sulfone groups is 1. The van der Waals surface area contributed by atoms with Crippen LogP contribution in [0.15, 0.2) is 17.7 Å². The number of hydrogen-bond acceptors (Lipinski definition) is 6. The Labute approximate surface area is 165 Å². The number of carbonyl (C=O) groups is 1. The predicted octanol–water partition coefficient (Wildman–Crippen LogP) is 2.74. The Hall–Kier alpha value is -1.96. The van der Waals surface area contributed by atoms with E-state index < -0.39 is 15.9 Å². The van der Waals surface area contributed by atoms with E-state index in [1.165, 1.54) is 18.9 Å². The van der Waals surface area contributed by atoms with Crippen molar-refractivity contribution in [2.45, 2.75) is 69.4 Å². The normalized spacial score (nSPS) is 27.9. The van der Waals surface area contributed by atoms with E-state index in [9.17, 15) is 13.2 Å². The largest absolute Gasteiger partial charge is 0.470 e. The van der Waals surface area contributed by atoms with E-state index in [-0.39, 0.29) is 11.5 Å². The van der Waals surface area contributed by atoms with Gasteiger partial charge in [0, 0.05) is 29.8 Å². The lowest BCUT2D eigenvalue weighted by Crippen LogP contribution is -2.35. The molecule has 0 saturated heterocycles. The van der Waals surface area contributed by atoms with Crippen LogP contribution in [0.1, 0.15) is 74.0 Å². The standard InChI is InChI=1S/C20H27N3O4S/c1-13(7-10-28(2,25)26)22-18(24)16-12-21-17(15-3-4-15)23-19(16)27-20-8-5-14(11-20)6-9-20/h7,10,12-15H,3-6,8-9,11H2,1-2H3,(H,22,24)/b10-7+/t13-,14?,20?/m0/s1. The number of nitrogens with one attached hydrogen (secondary N) is 1. The van der Waals surface area contributed by atoms with Gasteiger partial charge in [-0.1, -0.05) is 6.08 Å². The Kier molecular flexibility index (Phi) is 4.93. The van der Waals surface area contributed by atoms with Crippen LogP contribution in [0.5, 0.6) is 5.88 Å². The Morgan fingerprint density at radius 1 is 1.32 bits per heavy atom. The first kappa shape index (κ1) is 19.4. The Bertz CT molecular complexity index is 900. The molecule has 0 aromatic carbocycles. The number of hydrogen-bond donors (Lipinski definition) is 1. The molecule has 0 radical (unpaired) electrons. The molecular weight excluding hydrogens is 378 g/mol. The number of nitrogens with zero attached hydrogens (tertiary/aromatic N) is 2. The van der Waals surface area contributed by atoms with Gasteiger partial charge in [0.05, 0.1) is 0 Å². The molecule has 1 amide bonds. The molecule has 0 unspecified atom stereocenters. The summed E-state index contributed by atoms with van der Waals surface area (Å²) >= 11 is 0. The van der Waals surface area contributed by atoms with Crippen LogP contribution >= 0.6 is 0 Å². The van der Waals surface area contributed by atoms with Crippen molar-refractivity contribution in [2.75, 3.05) is 6.26 Å². The summed E-state index contributed by atoms with van der Waals surface area (Å²) in [5.41, 5.74) is 0.116. The lowest BCUT2D eigenvalue weighted by molar-refractivity contribution is 0.0708. The molecule has 7 nitrogen and oxygen atoms in total. The van der Waals surface area contributed by atoms with Gasteiger partial charge in [0.1, 0.15) is 17.0 Å². The monoisotopic (exact) mass is 405 g/mol. The second-order valence-corrected chi connectivity index (χ2v) is 10.5. The summed E-state index contributed by atoms with van der Waals surface area (Å²) in [6, 6.07) is -0.446. The smallest absolute Gasteiger partial charge is 0.258 e. The zero-order valence-corrected chi connectivity index (χ0v) is 17.2. The van der Waals surface area contributed by atoms with Gasteiger partial charge in [-0.25, -0.2) is 13.4 Å². The predicted molar refractivity (Wildman–Crippen MR) is 105 cm³/mol. The molecule has 3 fully saturated rings. The SMILES string of the molecule is C[C@@H](/C=C/S(C)(=O)=O)NC(=O)c1cnc(C2CC2)nc1OC12CCC(CC1)C2. The lowest BCUT2D eigenvalue weighted by Gasteiger charge is -2.28. The van der Waals surface area contributed by atoms with Crippen LogP contribution in [0.2, 0.25) is 0 Å². The first-order valence-corrected chi connectivity index (χ1v) is 11.9. The highest BCUT2D eigenvalue weighted by molar-refractivity contribution is 7.93. The zero-order valence-electron chi connectivity index (χ0n) is 16.3. The van der Waals surface area contributed by atoms with E-state index in [1.54, 1.807) is 13.1 Å². The quantitative estimate of drug-likeness (QED) is 0.749. The second-order valence-electron chi connectivity index (χ2n) is 8.57. The summed E-state index contributed by atoms with van der Waals surface area (Å²) < 4.78 is 29.0. The summed E-state index contributed by atoms with van der Waals surface area (Å²) in [5, 5.41) is 3.88. The van der Waals surface area contributed by atoms with Gasteiger partial charge in [-0.05, 0) is 57.8 Å². The van der Waals surface area contributed by atoms with Crippen molar-refractivity contribution in [1.29, 1.82) is 0 Å². The molecular formula is C20H27N3O4S. The first-order chi connectivity index (χ1) is 13.2. The fraction of sp³-hybridized carbons (Fsp3) is 0.650. The highest BCUT2D eigenvalue weighted by Gasteiger charge is 2.47. The molecule has 1 N–H and O–H groups in total. The maximum Gasteiger partial charge on any atom is 0.258 e. The molecule has 2 bridgehead atoms. The van der Waals surface area contributed by atoms with Crippen LogP contribution in [0.25, 0.3) is 0 Å². The van der Waals surface area contributed by atoms with E-state index >= 15 is 0 Å². The van der Waals surface area contributed by atoms with Gasteiger partial charge >= 0.3 is 0 Å². The molecule has 8 heteroatoms. The number of amides is 1. The molecule has 1 heterocycles. The summed E-state index contributed by atoms with van der Waals surface area (Å²) in [5.74, 6) is 1.86. The summed E-state index contributed by atoms with van der Waals surface area (Å²) in [6.07, 6.45) is 11.7. The summed E-state index contributed by atoms with van der Waals surface area (Å²) in [4.78, 5) is 21.8. The number of fused-ring (bicyclic) bond motifs is 2. The third kappa shape index (κ3) is 4.37. The Morgan fingerprint density at radius 2 is 2.04 bits per heavy atom. The Balaban J connectivity index is 1.55. The number of aromatic nitrogens is 2. The third-order valence-electron chi connectivity index (χ3n) is 5.92. The van der Waals surface area contributed by atoms with Crippen LogP contribution in [-0.2, 0) is 9.84 Å². The maximum absolute atomic E-state index is 12.8. The minimum atomic E-state index is -3.24. The van der Waals surface area contributed by atoms with Crippen molar-refractivity contribution in [2.24, 2.45) is 5.92 Å². The molecule has 1 atom stereocenters. The highest BCUT2D eigenvalue weighted by atomic mass is 32.2. The number of rotatable bonds is 7. The topological polar surface area (TPSA) is 98.2 Å². The van der Waals surface area contributed by atoms with E-state index in [0.717, 1.165) is 55.5 Å². The maximum atomic E-state index is 12.8. The molecule has 0 spiro atoms. The van der Waals surface area contributed by atoms with Gasteiger partial charge in [0.2, 0.25) is 5.88 Å². The molecule has 3 aliphatic carbocycles. The van der Waals surface area contributed by atoms with E-state index in [2.05, 4.69) is 15.3 Å². The average molecular weight is 406 g/mol. The number of carbonyl (C=O) groups excluding carboxylic acids is 1. The fourth-order valence-electron chi connectivity index (χ4n) is 4.23. The van der Waals surface area contributed by atoms with Crippen LogP contribution < -0.4 is 10.1 Å². The highest BCUT2D eigenvalue weighted by Crippen LogP contribution is 2.50. The van der Waals surface area contributed by atoms with Crippen LogP contribution in [0.3, 0.4) is 0 Å². The summed E-state index contributed by atoms with van der Waals surface area (Å²) in [6.45, 7) is 1.72. The van der Waals surface area contributed by atoms with Crippen LogP contribution in [-0.4, -0.2) is 42.2 Å². The van der Waals surface area contributed by atoms with Crippen LogP contribution in [0.4, 0.5) is 0 Å². The van der Waals surface area contributed by atoms with Gasteiger partial charge in [-0.15, -0.1) is 0 Å². The van der Waals surface area contributed by atoms with Gasteiger partial charge in [-0.2, -0.15) is 4.98 Å². The third-order valence-corrected chi connectivity index (χ3v) is 6.57. The molecule has 3 aliphatic rings. The summed E-state index contributed by atoms with van der Waals surface area (Å²) in [7, 11) is -3.24. The zero-order chi connectivity index (χ0) is 19.9. The molecule has 152 valence electrons. The van der Waals surface area contributed by atoms with Crippen molar-refractivity contribution in [3.8, 4) is 5.88 Å². The molecule has 1 aromatic heterocycles. The van der Waals surface area contributed by atoms with E-state index in [4.69, 9.17) is 4.74 Å². The van der Waals surface area contributed by atoms with E-state index in [1.807, 2.05) is 0 Å². The van der Waals surface area contributed by atoms with Crippen molar-refractivity contribution < 1.29 is 17.9 Å². The van der Waals surface area contributed by atoms with Crippen LogP contribution in [0, 0.1) is 5.92 Å². The Morgan fingerprint density at radius 3 is 2.61 bits per heavy atom. The minimum absolute atomic E-state index is 0.198. The van der Waals surface area contributed by atoms with Crippen molar-refractivity contribution in [1.82, 2.24) is 15.3 Å². The molecule has 4 rings (SSSR count). The molecule has 0 aliphatic heterocycles. The fourth-order valence-corrected chi connectivity index (χ4v) is 4.75. The van der Waals surface area contributed by atoms with Gasteiger partial charge in [0.25, 0.3) is 5.91 Å². The number of ether oxygens (including phenoxy) is 1. The van der Waals surface area contributed by atoms with Gasteiger partial charge < -0.3 is 10.1 Å². The first-order valence-electron chi connectivity index (χ1n) is 9.98. The van der Waals surface area contributed by atoms with Gasteiger partial charge in [0.15, 0.2) is 9.84 Å². The van der Waals surface area contributed by atoms with Crippen molar-refractivity contribution in [3.63, 3.8) is 0 Å². The average Bonchev–Trinajstić information content (AvgIpc) is 3.31.